The number of nitrogens with zero attached hydrogens (tertiary/aromatic N) is 1. The van der Waals surface area contributed by atoms with Gasteiger partial charge in [-0.1, -0.05) is 65.3 Å². The smallest absolute Gasteiger partial charge is 0.256 e. The number of carbonyl (C=O) groups excluding carboxylic acids is 1. The highest BCUT2D eigenvalue weighted by Gasteiger charge is 2.18. The highest BCUT2D eigenvalue weighted by Crippen LogP contribution is 2.30. The van der Waals surface area contributed by atoms with Crippen LogP contribution in [0.3, 0.4) is 0 Å². The summed E-state index contributed by atoms with van der Waals surface area (Å²) in [7, 11) is 0. The average Bonchev–Trinajstić information content (AvgIpc) is 3.25. The van der Waals surface area contributed by atoms with E-state index in [-0.39, 0.29) is 5.91 Å². The fraction of sp³-hybridized carbons (Fsp3) is 0.120. The maximum absolute atomic E-state index is 13.2. The van der Waals surface area contributed by atoms with E-state index in [9.17, 15) is 4.79 Å². The summed E-state index contributed by atoms with van der Waals surface area (Å²) in [5.74, 6) is 0.886. The molecule has 0 spiro atoms. The molecule has 0 aliphatic heterocycles. The van der Waals surface area contributed by atoms with Gasteiger partial charge in [0.05, 0.1) is 11.8 Å². The summed E-state index contributed by atoms with van der Waals surface area (Å²) in [4.78, 5) is 17.6. The SMILES string of the molecule is CCc1cccc(C)c1NC(=O)c1ccccc1-c1ncc(-c2ccc(Br)cc2)o1. The summed E-state index contributed by atoms with van der Waals surface area (Å²) in [5, 5.41) is 3.09. The van der Waals surface area contributed by atoms with Crippen LogP contribution in [0.2, 0.25) is 0 Å². The predicted molar refractivity (Wildman–Crippen MR) is 124 cm³/mol. The molecule has 4 rings (SSSR count). The number of aromatic nitrogens is 1. The molecule has 0 fully saturated rings. The van der Waals surface area contributed by atoms with Crippen LogP contribution in [0.4, 0.5) is 5.69 Å². The minimum atomic E-state index is -0.182. The number of benzene rings is 3. The van der Waals surface area contributed by atoms with Crippen LogP contribution in [-0.4, -0.2) is 10.9 Å². The minimum absolute atomic E-state index is 0.182. The Morgan fingerprint density at radius 3 is 2.57 bits per heavy atom. The number of hydrogen-bond donors (Lipinski definition) is 1. The number of nitrogens with one attached hydrogen (secondary N) is 1. The zero-order valence-electron chi connectivity index (χ0n) is 16.8. The standard InChI is InChI=1S/C25H21BrN2O2/c1-3-17-8-6-7-16(2)23(17)28-24(29)20-9-4-5-10-21(20)25-27-15-22(30-25)18-11-13-19(26)14-12-18/h4-15H,3H2,1-2H3,(H,28,29). The largest absolute Gasteiger partial charge is 0.436 e. The Labute approximate surface area is 184 Å². The number of hydrogen-bond acceptors (Lipinski definition) is 3. The van der Waals surface area contributed by atoms with E-state index in [0.717, 1.165) is 33.3 Å². The van der Waals surface area contributed by atoms with Gasteiger partial charge in [0.25, 0.3) is 5.91 Å². The average molecular weight is 461 g/mol. The third-order valence-corrected chi connectivity index (χ3v) is 5.54. The molecular formula is C25H21BrN2O2. The quantitative estimate of drug-likeness (QED) is 0.352. The van der Waals surface area contributed by atoms with Crippen molar-refractivity contribution in [2.24, 2.45) is 0 Å². The molecule has 0 atom stereocenters. The Morgan fingerprint density at radius 1 is 1.03 bits per heavy atom. The molecule has 0 radical (unpaired) electrons. The van der Waals surface area contributed by atoms with E-state index < -0.39 is 0 Å². The minimum Gasteiger partial charge on any atom is -0.436 e. The Hall–Kier alpha value is -3.18. The van der Waals surface area contributed by atoms with Crippen LogP contribution in [0.25, 0.3) is 22.8 Å². The molecule has 0 saturated heterocycles. The van der Waals surface area contributed by atoms with Crippen molar-refractivity contribution in [1.29, 1.82) is 0 Å². The van der Waals surface area contributed by atoms with Crippen molar-refractivity contribution in [2.45, 2.75) is 20.3 Å². The predicted octanol–water partition coefficient (Wildman–Crippen LogP) is 6.89. The molecular weight excluding hydrogens is 440 g/mol. The molecule has 150 valence electrons. The molecule has 4 nitrogen and oxygen atoms in total. The number of oxazole rings is 1. The molecule has 30 heavy (non-hydrogen) atoms. The summed E-state index contributed by atoms with van der Waals surface area (Å²) in [6.07, 6.45) is 2.53. The van der Waals surface area contributed by atoms with Crippen molar-refractivity contribution in [2.75, 3.05) is 5.32 Å². The Morgan fingerprint density at radius 2 is 1.80 bits per heavy atom. The van der Waals surface area contributed by atoms with Crippen LogP contribution < -0.4 is 5.32 Å². The lowest BCUT2D eigenvalue weighted by atomic mass is 10.0. The first-order chi connectivity index (χ1) is 14.6. The summed E-state index contributed by atoms with van der Waals surface area (Å²) >= 11 is 3.44. The van der Waals surface area contributed by atoms with Crippen LogP contribution in [0.5, 0.6) is 0 Å². The second kappa shape index (κ2) is 8.67. The van der Waals surface area contributed by atoms with Gasteiger partial charge in [-0.3, -0.25) is 4.79 Å². The van der Waals surface area contributed by atoms with Gasteiger partial charge < -0.3 is 9.73 Å². The molecule has 0 bridgehead atoms. The topological polar surface area (TPSA) is 55.1 Å². The van der Waals surface area contributed by atoms with Gasteiger partial charge in [0, 0.05) is 21.3 Å². The van der Waals surface area contributed by atoms with E-state index >= 15 is 0 Å². The molecule has 3 aromatic carbocycles. The summed E-state index contributed by atoms with van der Waals surface area (Å²) in [5.41, 5.74) is 5.11. The molecule has 1 aromatic heterocycles. The highest BCUT2D eigenvalue weighted by molar-refractivity contribution is 9.10. The first-order valence-corrected chi connectivity index (χ1v) is 10.6. The number of carbonyl (C=O) groups is 1. The molecule has 1 heterocycles. The lowest BCUT2D eigenvalue weighted by Gasteiger charge is -2.14. The molecule has 0 saturated carbocycles. The summed E-state index contributed by atoms with van der Waals surface area (Å²) in [6.45, 7) is 4.08. The number of amides is 1. The van der Waals surface area contributed by atoms with Crippen LogP contribution in [-0.2, 0) is 6.42 Å². The zero-order valence-corrected chi connectivity index (χ0v) is 18.4. The van der Waals surface area contributed by atoms with E-state index in [1.807, 2.05) is 67.6 Å². The number of para-hydroxylation sites is 1. The van der Waals surface area contributed by atoms with Crippen LogP contribution in [0.1, 0.15) is 28.4 Å². The molecule has 0 unspecified atom stereocenters. The normalized spacial score (nSPS) is 10.8. The first kappa shape index (κ1) is 20.1. The molecule has 4 aromatic rings. The Kier molecular flexibility index (Phi) is 5.81. The van der Waals surface area contributed by atoms with Crippen molar-refractivity contribution in [3.63, 3.8) is 0 Å². The van der Waals surface area contributed by atoms with Crippen molar-refractivity contribution < 1.29 is 9.21 Å². The molecule has 1 amide bonds. The highest BCUT2D eigenvalue weighted by atomic mass is 79.9. The van der Waals surface area contributed by atoms with Gasteiger partial charge in [-0.25, -0.2) is 4.98 Å². The lowest BCUT2D eigenvalue weighted by molar-refractivity contribution is 0.102. The Balaban J connectivity index is 1.67. The lowest BCUT2D eigenvalue weighted by Crippen LogP contribution is -2.15. The molecule has 0 aliphatic carbocycles. The fourth-order valence-electron chi connectivity index (χ4n) is 3.40. The number of anilines is 1. The maximum atomic E-state index is 13.2. The van der Waals surface area contributed by atoms with Crippen molar-refractivity contribution in [3.8, 4) is 22.8 Å². The molecule has 5 heteroatoms. The number of halogens is 1. The van der Waals surface area contributed by atoms with Gasteiger partial charge >= 0.3 is 0 Å². The van der Waals surface area contributed by atoms with Gasteiger partial charge in [-0.05, 0) is 48.7 Å². The first-order valence-electron chi connectivity index (χ1n) is 9.78. The third kappa shape index (κ3) is 4.07. The van der Waals surface area contributed by atoms with Gasteiger partial charge in [0.15, 0.2) is 5.76 Å². The maximum Gasteiger partial charge on any atom is 0.256 e. The van der Waals surface area contributed by atoms with E-state index in [1.54, 1.807) is 12.3 Å². The Bertz CT molecular complexity index is 1200. The van der Waals surface area contributed by atoms with E-state index in [2.05, 4.69) is 33.2 Å². The number of aryl methyl sites for hydroxylation is 2. The number of rotatable bonds is 5. The fourth-order valence-corrected chi connectivity index (χ4v) is 3.66. The summed E-state index contributed by atoms with van der Waals surface area (Å²) < 4.78 is 6.99. The van der Waals surface area contributed by atoms with Crippen LogP contribution >= 0.6 is 15.9 Å². The van der Waals surface area contributed by atoms with Crippen molar-refractivity contribution in [3.05, 3.63) is 94.1 Å². The zero-order chi connectivity index (χ0) is 21.1. The van der Waals surface area contributed by atoms with Crippen LogP contribution in [0, 0.1) is 6.92 Å². The van der Waals surface area contributed by atoms with Crippen molar-refractivity contribution in [1.82, 2.24) is 4.98 Å². The molecule has 1 N–H and O–H groups in total. The van der Waals surface area contributed by atoms with Gasteiger partial charge in [0.1, 0.15) is 0 Å². The second-order valence-corrected chi connectivity index (χ2v) is 7.91. The van der Waals surface area contributed by atoms with Crippen molar-refractivity contribution >= 4 is 27.5 Å². The molecule has 0 aliphatic rings. The van der Waals surface area contributed by atoms with E-state index in [1.165, 1.54) is 0 Å². The van der Waals surface area contributed by atoms with E-state index in [0.29, 0.717) is 22.8 Å². The van der Waals surface area contributed by atoms with Gasteiger partial charge in [-0.2, -0.15) is 0 Å². The second-order valence-electron chi connectivity index (χ2n) is 7.00. The van der Waals surface area contributed by atoms with Crippen LogP contribution in [0.15, 0.2) is 81.8 Å². The monoisotopic (exact) mass is 460 g/mol. The summed E-state index contributed by atoms with van der Waals surface area (Å²) in [6, 6.07) is 21.2. The van der Waals surface area contributed by atoms with Gasteiger partial charge in [0.2, 0.25) is 5.89 Å². The third-order valence-electron chi connectivity index (χ3n) is 5.02. The van der Waals surface area contributed by atoms with E-state index in [4.69, 9.17) is 4.42 Å². The van der Waals surface area contributed by atoms with Gasteiger partial charge in [-0.15, -0.1) is 0 Å².